The Labute approximate surface area is 187 Å². The van der Waals surface area contributed by atoms with Crippen LogP contribution in [0.1, 0.15) is 15.4 Å². The molecule has 0 radical (unpaired) electrons. The van der Waals surface area contributed by atoms with Crippen molar-refractivity contribution in [3.8, 4) is 33.5 Å². The number of methoxy groups -OCH3 is 2. The number of ether oxygens (including phenoxy) is 2. The predicted octanol–water partition coefficient (Wildman–Crippen LogP) is 4.83. The van der Waals surface area contributed by atoms with E-state index in [1.54, 1.807) is 45.4 Å². The number of hydrogen-bond donors (Lipinski definition) is 2. The minimum Gasteiger partial charge on any atom is -0.497 e. The van der Waals surface area contributed by atoms with E-state index in [1.165, 1.54) is 11.3 Å². The van der Waals surface area contributed by atoms with Crippen molar-refractivity contribution in [3.63, 3.8) is 0 Å². The Morgan fingerprint density at radius 2 is 1.97 bits per heavy atom. The van der Waals surface area contributed by atoms with Gasteiger partial charge in [-0.2, -0.15) is 4.98 Å². The summed E-state index contributed by atoms with van der Waals surface area (Å²) in [7, 11) is 3.14. The lowest BCUT2D eigenvalue weighted by Crippen LogP contribution is -2.12. The molecule has 0 saturated heterocycles. The number of carbonyl (C=O) groups excluding carboxylic acids is 1. The third-order valence-electron chi connectivity index (χ3n) is 4.45. The lowest BCUT2D eigenvalue weighted by molar-refractivity contribution is 0.102. The van der Waals surface area contributed by atoms with Crippen LogP contribution in [-0.4, -0.2) is 40.3 Å². The van der Waals surface area contributed by atoms with Gasteiger partial charge in [-0.05, 0) is 31.2 Å². The zero-order valence-electron chi connectivity index (χ0n) is 16.9. The van der Waals surface area contributed by atoms with Gasteiger partial charge in [0.1, 0.15) is 21.4 Å². The largest absolute Gasteiger partial charge is 0.497 e. The molecule has 0 atom stereocenters. The first-order valence-electron chi connectivity index (χ1n) is 9.18. The first-order valence-corrected chi connectivity index (χ1v) is 10.4. The van der Waals surface area contributed by atoms with Crippen LogP contribution in [-0.2, 0) is 0 Å². The minimum absolute atomic E-state index is 0.148. The number of aryl methyl sites for hydroxylation is 1. The van der Waals surface area contributed by atoms with Crippen LogP contribution in [0.25, 0.3) is 22.0 Å². The summed E-state index contributed by atoms with van der Waals surface area (Å²) in [6.45, 7) is 1.78. The molecule has 0 saturated carbocycles. The number of carbonyl (C=O) groups is 1. The fraction of sp³-hybridized carbons (Fsp3) is 0.143. The molecule has 0 unspecified atom stereocenters. The van der Waals surface area contributed by atoms with Gasteiger partial charge in [-0.3, -0.25) is 15.2 Å². The minimum atomic E-state index is -0.337. The van der Waals surface area contributed by atoms with E-state index in [-0.39, 0.29) is 11.9 Å². The standard InChI is InChI=1S/C21H18ClN5O3S/c1-11-17(31-20(23-11)12-5-4-6-13(22)9-12)19(28)25-21-24-18(26-27-21)15-8-7-14(29-2)10-16(15)30-3/h4-10H,1-3H3,(H2,24,25,26,27,28). The van der Waals surface area contributed by atoms with Gasteiger partial charge < -0.3 is 9.47 Å². The van der Waals surface area contributed by atoms with Crippen molar-refractivity contribution in [1.29, 1.82) is 0 Å². The SMILES string of the molecule is COc1ccc(-c2nc(NC(=O)c3sc(-c4cccc(Cl)c4)nc3C)n[nH]2)c(OC)c1. The molecule has 4 rings (SSSR count). The Bertz CT molecular complexity index is 1250. The molecule has 8 nitrogen and oxygen atoms in total. The molecular formula is C21H18ClN5O3S. The number of aromatic nitrogens is 4. The summed E-state index contributed by atoms with van der Waals surface area (Å²) in [5.74, 6) is 1.49. The molecule has 1 amide bonds. The zero-order valence-corrected chi connectivity index (χ0v) is 18.5. The number of hydrogen-bond acceptors (Lipinski definition) is 7. The zero-order chi connectivity index (χ0) is 22.0. The second kappa shape index (κ2) is 8.75. The number of aromatic amines is 1. The number of halogens is 1. The smallest absolute Gasteiger partial charge is 0.270 e. The Morgan fingerprint density at radius 1 is 1.13 bits per heavy atom. The van der Waals surface area contributed by atoms with Crippen molar-refractivity contribution in [2.75, 3.05) is 19.5 Å². The van der Waals surface area contributed by atoms with Crippen LogP contribution >= 0.6 is 22.9 Å². The highest BCUT2D eigenvalue weighted by Gasteiger charge is 2.19. The molecule has 0 spiro atoms. The highest BCUT2D eigenvalue weighted by molar-refractivity contribution is 7.17. The summed E-state index contributed by atoms with van der Waals surface area (Å²) < 4.78 is 10.6. The molecule has 0 aliphatic carbocycles. The van der Waals surface area contributed by atoms with Crippen LogP contribution < -0.4 is 14.8 Å². The number of nitrogens with zero attached hydrogens (tertiary/aromatic N) is 3. The normalized spacial score (nSPS) is 10.7. The average Bonchev–Trinajstić information content (AvgIpc) is 3.39. The number of benzene rings is 2. The Kier molecular flexibility index (Phi) is 5.88. The third kappa shape index (κ3) is 4.37. The van der Waals surface area contributed by atoms with E-state index in [2.05, 4.69) is 25.5 Å². The number of amides is 1. The van der Waals surface area contributed by atoms with E-state index in [0.717, 1.165) is 5.56 Å². The van der Waals surface area contributed by atoms with Crippen LogP contribution in [0.4, 0.5) is 5.95 Å². The second-order valence-corrected chi connectivity index (χ2v) is 7.91. The van der Waals surface area contributed by atoms with Gasteiger partial charge in [0.05, 0.1) is 25.5 Å². The summed E-state index contributed by atoms with van der Waals surface area (Å²) in [6, 6.07) is 12.7. The number of nitrogens with one attached hydrogen (secondary N) is 2. The summed E-state index contributed by atoms with van der Waals surface area (Å²) in [5, 5.41) is 10.9. The number of H-pyrrole nitrogens is 1. The summed E-state index contributed by atoms with van der Waals surface area (Å²) in [4.78, 5) is 22.1. The highest BCUT2D eigenvalue weighted by atomic mass is 35.5. The molecular weight excluding hydrogens is 438 g/mol. The first kappa shape index (κ1) is 20.8. The topological polar surface area (TPSA) is 102 Å². The second-order valence-electron chi connectivity index (χ2n) is 6.47. The molecule has 4 aromatic rings. The Morgan fingerprint density at radius 3 is 2.71 bits per heavy atom. The van der Waals surface area contributed by atoms with Crippen molar-refractivity contribution < 1.29 is 14.3 Å². The predicted molar refractivity (Wildman–Crippen MR) is 120 cm³/mol. The van der Waals surface area contributed by atoms with Gasteiger partial charge >= 0.3 is 0 Å². The quantitative estimate of drug-likeness (QED) is 0.432. The van der Waals surface area contributed by atoms with Crippen molar-refractivity contribution in [3.05, 3.63) is 58.1 Å². The maximum Gasteiger partial charge on any atom is 0.270 e. The van der Waals surface area contributed by atoms with Crippen LogP contribution in [0.3, 0.4) is 0 Å². The van der Waals surface area contributed by atoms with E-state index < -0.39 is 0 Å². The van der Waals surface area contributed by atoms with E-state index in [4.69, 9.17) is 21.1 Å². The van der Waals surface area contributed by atoms with E-state index in [1.807, 2.05) is 18.2 Å². The Hall–Kier alpha value is -3.43. The molecule has 2 N–H and O–H groups in total. The molecule has 158 valence electrons. The summed E-state index contributed by atoms with van der Waals surface area (Å²) >= 11 is 7.34. The van der Waals surface area contributed by atoms with Crippen molar-refractivity contribution >= 4 is 34.8 Å². The molecule has 2 aromatic heterocycles. The van der Waals surface area contributed by atoms with Crippen LogP contribution in [0, 0.1) is 6.92 Å². The maximum atomic E-state index is 12.8. The lowest BCUT2D eigenvalue weighted by atomic mass is 10.2. The van der Waals surface area contributed by atoms with E-state index in [0.29, 0.717) is 43.5 Å². The number of rotatable bonds is 6. The fourth-order valence-corrected chi connectivity index (χ4v) is 4.09. The van der Waals surface area contributed by atoms with Gasteiger partial charge in [-0.25, -0.2) is 4.98 Å². The average molecular weight is 456 g/mol. The molecule has 0 bridgehead atoms. The van der Waals surface area contributed by atoms with Crippen LogP contribution in [0.5, 0.6) is 11.5 Å². The monoisotopic (exact) mass is 455 g/mol. The van der Waals surface area contributed by atoms with E-state index >= 15 is 0 Å². The van der Waals surface area contributed by atoms with Crippen LogP contribution in [0.15, 0.2) is 42.5 Å². The molecule has 0 aliphatic heterocycles. The summed E-state index contributed by atoms with van der Waals surface area (Å²) in [5.41, 5.74) is 2.16. The number of anilines is 1. The van der Waals surface area contributed by atoms with Gasteiger partial charge in [0, 0.05) is 16.7 Å². The third-order valence-corrected chi connectivity index (χ3v) is 5.89. The molecule has 0 aliphatic rings. The molecule has 2 heterocycles. The van der Waals surface area contributed by atoms with Crippen molar-refractivity contribution in [2.45, 2.75) is 6.92 Å². The van der Waals surface area contributed by atoms with Gasteiger partial charge in [0.2, 0.25) is 5.95 Å². The van der Waals surface area contributed by atoms with Crippen molar-refractivity contribution in [2.24, 2.45) is 0 Å². The highest BCUT2D eigenvalue weighted by Crippen LogP contribution is 2.32. The lowest BCUT2D eigenvalue weighted by Gasteiger charge is -2.07. The maximum absolute atomic E-state index is 12.8. The van der Waals surface area contributed by atoms with Gasteiger partial charge in [-0.1, -0.05) is 23.7 Å². The Balaban J connectivity index is 1.55. The van der Waals surface area contributed by atoms with Crippen molar-refractivity contribution in [1.82, 2.24) is 20.2 Å². The molecule has 2 aromatic carbocycles. The fourth-order valence-electron chi connectivity index (χ4n) is 2.94. The number of thiazole rings is 1. The summed E-state index contributed by atoms with van der Waals surface area (Å²) in [6.07, 6.45) is 0. The molecule has 10 heteroatoms. The van der Waals surface area contributed by atoms with Gasteiger partial charge in [0.15, 0.2) is 5.82 Å². The molecule has 0 fully saturated rings. The first-order chi connectivity index (χ1) is 15.0. The van der Waals surface area contributed by atoms with Gasteiger partial charge in [-0.15, -0.1) is 16.4 Å². The van der Waals surface area contributed by atoms with E-state index in [9.17, 15) is 4.79 Å². The van der Waals surface area contributed by atoms with Crippen LogP contribution in [0.2, 0.25) is 5.02 Å². The molecule has 31 heavy (non-hydrogen) atoms. The van der Waals surface area contributed by atoms with Gasteiger partial charge in [0.25, 0.3) is 5.91 Å².